The maximum atomic E-state index is 13.4. The standard InChI is InChI=1S/C14H9BrF3NO/c15-12-3-1-10(17)6-11(12)14(20)19-7-8-5-9(16)2-4-13(8)18/h1-6H,7H2,(H,19,20). The third-order valence-corrected chi connectivity index (χ3v) is 3.31. The van der Waals surface area contributed by atoms with E-state index in [1.54, 1.807) is 0 Å². The van der Waals surface area contributed by atoms with Crippen LogP contribution in [0.2, 0.25) is 0 Å². The van der Waals surface area contributed by atoms with E-state index in [0.717, 1.165) is 24.3 Å². The van der Waals surface area contributed by atoms with E-state index >= 15 is 0 Å². The molecule has 0 fully saturated rings. The molecule has 0 aliphatic carbocycles. The lowest BCUT2D eigenvalue weighted by Crippen LogP contribution is -2.24. The Balaban J connectivity index is 2.12. The van der Waals surface area contributed by atoms with Crippen LogP contribution in [0.4, 0.5) is 13.2 Å². The molecule has 0 spiro atoms. The van der Waals surface area contributed by atoms with Crippen molar-refractivity contribution in [3.8, 4) is 0 Å². The Morgan fingerprint density at radius 1 is 1.05 bits per heavy atom. The van der Waals surface area contributed by atoms with Gasteiger partial charge in [-0.3, -0.25) is 4.79 Å². The summed E-state index contributed by atoms with van der Waals surface area (Å²) in [6.07, 6.45) is 0. The summed E-state index contributed by atoms with van der Waals surface area (Å²) in [5.41, 5.74) is 0.104. The van der Waals surface area contributed by atoms with E-state index in [0.29, 0.717) is 4.47 Å². The fourth-order valence-electron chi connectivity index (χ4n) is 1.62. The molecule has 0 saturated carbocycles. The zero-order chi connectivity index (χ0) is 14.7. The van der Waals surface area contributed by atoms with Gasteiger partial charge >= 0.3 is 0 Å². The summed E-state index contributed by atoms with van der Waals surface area (Å²) in [6, 6.07) is 6.62. The van der Waals surface area contributed by atoms with Crippen molar-refractivity contribution < 1.29 is 18.0 Å². The van der Waals surface area contributed by atoms with Crippen LogP contribution in [0.5, 0.6) is 0 Å². The van der Waals surface area contributed by atoms with Gasteiger partial charge in [0.1, 0.15) is 17.5 Å². The molecule has 0 saturated heterocycles. The fourth-order valence-corrected chi connectivity index (χ4v) is 2.05. The smallest absolute Gasteiger partial charge is 0.252 e. The minimum absolute atomic E-state index is 0.0193. The number of rotatable bonds is 3. The highest BCUT2D eigenvalue weighted by molar-refractivity contribution is 9.10. The molecule has 0 unspecified atom stereocenters. The van der Waals surface area contributed by atoms with E-state index in [2.05, 4.69) is 21.2 Å². The number of carbonyl (C=O) groups is 1. The molecule has 0 aromatic heterocycles. The van der Waals surface area contributed by atoms with Crippen molar-refractivity contribution in [2.24, 2.45) is 0 Å². The Labute approximate surface area is 121 Å². The highest BCUT2D eigenvalue weighted by Crippen LogP contribution is 2.18. The predicted molar refractivity (Wildman–Crippen MR) is 71.6 cm³/mol. The van der Waals surface area contributed by atoms with Crippen molar-refractivity contribution in [1.29, 1.82) is 0 Å². The molecule has 2 aromatic carbocycles. The molecule has 0 atom stereocenters. The minimum Gasteiger partial charge on any atom is -0.348 e. The zero-order valence-electron chi connectivity index (χ0n) is 10.1. The van der Waals surface area contributed by atoms with Crippen molar-refractivity contribution in [2.45, 2.75) is 6.54 Å². The molecule has 104 valence electrons. The first-order valence-corrected chi connectivity index (χ1v) is 6.44. The van der Waals surface area contributed by atoms with Crippen LogP contribution in [-0.2, 0) is 6.54 Å². The molecule has 2 aromatic rings. The van der Waals surface area contributed by atoms with Crippen molar-refractivity contribution >= 4 is 21.8 Å². The average molecular weight is 344 g/mol. The molecule has 0 aliphatic heterocycles. The molecule has 2 nitrogen and oxygen atoms in total. The summed E-state index contributed by atoms with van der Waals surface area (Å²) in [5.74, 6) is -2.36. The number of hydrogen-bond acceptors (Lipinski definition) is 1. The van der Waals surface area contributed by atoms with Gasteiger partial charge in [0.2, 0.25) is 0 Å². The lowest BCUT2D eigenvalue weighted by molar-refractivity contribution is 0.0949. The zero-order valence-corrected chi connectivity index (χ0v) is 11.7. The van der Waals surface area contributed by atoms with Gasteiger partial charge in [0.25, 0.3) is 5.91 Å². The number of halogens is 4. The Morgan fingerprint density at radius 3 is 2.45 bits per heavy atom. The summed E-state index contributed by atoms with van der Waals surface area (Å²) < 4.78 is 39.8. The number of hydrogen-bond donors (Lipinski definition) is 1. The first-order valence-electron chi connectivity index (χ1n) is 5.64. The maximum Gasteiger partial charge on any atom is 0.252 e. The van der Waals surface area contributed by atoms with Crippen molar-refractivity contribution in [1.82, 2.24) is 5.32 Å². The van der Waals surface area contributed by atoms with Crippen LogP contribution < -0.4 is 5.32 Å². The van der Waals surface area contributed by atoms with Crippen molar-refractivity contribution in [2.75, 3.05) is 0 Å². The molecule has 0 aliphatic rings. The van der Waals surface area contributed by atoms with Gasteiger partial charge in [-0.1, -0.05) is 0 Å². The molecular formula is C14H9BrF3NO. The molecule has 20 heavy (non-hydrogen) atoms. The Bertz CT molecular complexity index is 661. The number of nitrogens with one attached hydrogen (secondary N) is 1. The molecule has 6 heteroatoms. The van der Waals surface area contributed by atoms with E-state index in [1.807, 2.05) is 0 Å². The second kappa shape index (κ2) is 6.09. The molecule has 1 amide bonds. The summed E-state index contributed by atoms with van der Waals surface area (Å²) in [6.45, 7) is -0.189. The summed E-state index contributed by atoms with van der Waals surface area (Å²) in [7, 11) is 0. The van der Waals surface area contributed by atoms with E-state index in [1.165, 1.54) is 12.1 Å². The van der Waals surface area contributed by atoms with Crippen LogP contribution in [0.3, 0.4) is 0 Å². The number of carbonyl (C=O) groups excluding carboxylic acids is 1. The number of amides is 1. The Kier molecular flexibility index (Phi) is 4.44. The maximum absolute atomic E-state index is 13.4. The van der Waals surface area contributed by atoms with Crippen molar-refractivity contribution in [3.63, 3.8) is 0 Å². The van der Waals surface area contributed by atoms with Crippen LogP contribution in [0, 0.1) is 17.5 Å². The molecule has 0 heterocycles. The minimum atomic E-state index is -0.620. The molecule has 1 N–H and O–H groups in total. The van der Waals surface area contributed by atoms with Gasteiger partial charge in [-0.2, -0.15) is 0 Å². The van der Waals surface area contributed by atoms with Gasteiger partial charge in [-0.25, -0.2) is 13.2 Å². The van der Waals surface area contributed by atoms with Crippen LogP contribution in [0.15, 0.2) is 40.9 Å². The lowest BCUT2D eigenvalue weighted by Gasteiger charge is -2.08. The van der Waals surface area contributed by atoms with Crippen LogP contribution in [-0.4, -0.2) is 5.91 Å². The molecule has 2 rings (SSSR count). The van der Waals surface area contributed by atoms with Crippen molar-refractivity contribution in [3.05, 3.63) is 69.4 Å². The largest absolute Gasteiger partial charge is 0.348 e. The summed E-state index contributed by atoms with van der Waals surface area (Å²) in [4.78, 5) is 11.9. The Hall–Kier alpha value is -1.82. The second-order valence-corrected chi connectivity index (χ2v) is 4.90. The lowest BCUT2D eigenvalue weighted by atomic mass is 10.1. The highest BCUT2D eigenvalue weighted by atomic mass is 79.9. The van der Waals surface area contributed by atoms with Crippen LogP contribution >= 0.6 is 15.9 Å². The number of benzene rings is 2. The Morgan fingerprint density at radius 2 is 1.70 bits per heavy atom. The second-order valence-electron chi connectivity index (χ2n) is 4.04. The monoisotopic (exact) mass is 343 g/mol. The van der Waals surface area contributed by atoms with E-state index in [4.69, 9.17) is 0 Å². The normalized spacial score (nSPS) is 10.4. The topological polar surface area (TPSA) is 29.1 Å². The van der Waals surface area contributed by atoms with E-state index < -0.39 is 23.4 Å². The summed E-state index contributed by atoms with van der Waals surface area (Å²) in [5, 5.41) is 2.41. The third-order valence-electron chi connectivity index (χ3n) is 2.62. The van der Waals surface area contributed by atoms with Gasteiger partial charge in [-0.05, 0) is 52.3 Å². The predicted octanol–water partition coefficient (Wildman–Crippen LogP) is 3.80. The van der Waals surface area contributed by atoms with Gasteiger partial charge < -0.3 is 5.32 Å². The first-order chi connectivity index (χ1) is 9.47. The highest BCUT2D eigenvalue weighted by Gasteiger charge is 2.12. The van der Waals surface area contributed by atoms with Gasteiger partial charge in [0, 0.05) is 16.6 Å². The average Bonchev–Trinajstić information content (AvgIpc) is 2.42. The summed E-state index contributed by atoms with van der Waals surface area (Å²) >= 11 is 3.12. The molecular weight excluding hydrogens is 335 g/mol. The quantitative estimate of drug-likeness (QED) is 0.902. The van der Waals surface area contributed by atoms with Gasteiger partial charge in [0.15, 0.2) is 0 Å². The van der Waals surface area contributed by atoms with Gasteiger partial charge in [-0.15, -0.1) is 0 Å². The van der Waals surface area contributed by atoms with Crippen LogP contribution in [0.1, 0.15) is 15.9 Å². The van der Waals surface area contributed by atoms with Crippen LogP contribution in [0.25, 0.3) is 0 Å². The molecule has 0 bridgehead atoms. The van der Waals surface area contributed by atoms with E-state index in [9.17, 15) is 18.0 Å². The SMILES string of the molecule is O=C(NCc1cc(F)ccc1F)c1cc(F)ccc1Br. The fraction of sp³-hybridized carbons (Fsp3) is 0.0714. The third kappa shape index (κ3) is 3.39. The van der Waals surface area contributed by atoms with E-state index in [-0.39, 0.29) is 17.7 Å². The first kappa shape index (κ1) is 14.6. The molecule has 0 radical (unpaired) electrons. The van der Waals surface area contributed by atoms with Gasteiger partial charge in [0.05, 0.1) is 5.56 Å².